The average molecular weight is 590 g/mol. The maximum atomic E-state index is 14.0. The van der Waals surface area contributed by atoms with Gasteiger partial charge in [0.2, 0.25) is 5.95 Å². The van der Waals surface area contributed by atoms with Crippen LogP contribution in [-0.4, -0.2) is 49.4 Å². The first-order valence-corrected chi connectivity index (χ1v) is 13.3. The number of benzene rings is 2. The smallest absolute Gasteiger partial charge is 0.471 e. The second-order valence-corrected chi connectivity index (χ2v) is 11.3. The zero-order valence-electron chi connectivity index (χ0n) is 20.9. The molecule has 15 heteroatoms. The summed E-state index contributed by atoms with van der Waals surface area (Å²) < 4.78 is 82.1. The minimum Gasteiger partial charge on any atom is -0.495 e. The Balaban J connectivity index is 1.86. The van der Waals surface area contributed by atoms with E-state index < -0.39 is 33.0 Å². The summed E-state index contributed by atoms with van der Waals surface area (Å²) in [6, 6.07) is 7.93. The zero-order chi connectivity index (χ0) is 29.0. The Bertz CT molecular complexity index is 1470. The van der Waals surface area contributed by atoms with E-state index in [0.29, 0.717) is 17.0 Å². The summed E-state index contributed by atoms with van der Waals surface area (Å²) >= 11 is 6.22. The van der Waals surface area contributed by atoms with Crippen molar-refractivity contribution in [1.82, 2.24) is 15.3 Å². The average Bonchev–Trinajstić information content (AvgIpc) is 2.85. The first-order valence-electron chi connectivity index (χ1n) is 11.3. The molecule has 2 aromatic carbocycles. The fraction of sp³-hybridized carbons (Fsp3) is 0.292. The van der Waals surface area contributed by atoms with Crippen molar-refractivity contribution in [3.05, 3.63) is 59.0 Å². The highest BCUT2D eigenvalue weighted by Gasteiger charge is 2.38. The fourth-order valence-electron chi connectivity index (χ4n) is 3.29. The van der Waals surface area contributed by atoms with Crippen molar-refractivity contribution >= 4 is 50.5 Å². The number of rotatable bonds is 10. The first-order chi connectivity index (χ1) is 18.2. The molecule has 0 bridgehead atoms. The Morgan fingerprint density at radius 2 is 1.82 bits per heavy atom. The molecule has 0 radical (unpaired) electrons. The van der Waals surface area contributed by atoms with Crippen LogP contribution >= 0.6 is 11.6 Å². The van der Waals surface area contributed by atoms with Gasteiger partial charge in [-0.25, -0.2) is 17.8 Å². The Kier molecular flexibility index (Phi) is 9.22. The summed E-state index contributed by atoms with van der Waals surface area (Å²) in [5.74, 6) is -2.40. The molecule has 0 unspecified atom stereocenters. The highest BCUT2D eigenvalue weighted by molar-refractivity contribution is 7.92. The van der Waals surface area contributed by atoms with Crippen molar-refractivity contribution in [2.24, 2.45) is 0 Å². The Morgan fingerprint density at radius 3 is 2.46 bits per heavy atom. The quantitative estimate of drug-likeness (QED) is 0.219. The van der Waals surface area contributed by atoms with Gasteiger partial charge < -0.3 is 20.7 Å². The van der Waals surface area contributed by atoms with Gasteiger partial charge in [0.1, 0.15) is 16.6 Å². The number of nitrogens with one attached hydrogen (secondary N) is 3. The van der Waals surface area contributed by atoms with Gasteiger partial charge in [-0.1, -0.05) is 17.7 Å². The molecule has 1 heterocycles. The number of nitrogens with zero attached hydrogens (tertiary/aromatic N) is 2. The number of alkyl halides is 3. The predicted molar refractivity (Wildman–Crippen MR) is 138 cm³/mol. The summed E-state index contributed by atoms with van der Waals surface area (Å²) in [4.78, 5) is 19.2. The van der Waals surface area contributed by atoms with E-state index in [0.717, 1.165) is 18.2 Å². The summed E-state index contributed by atoms with van der Waals surface area (Å²) in [6.45, 7) is 2.73. The van der Waals surface area contributed by atoms with Crippen LogP contribution in [0.3, 0.4) is 0 Å². The van der Waals surface area contributed by atoms with Gasteiger partial charge in [-0.3, -0.25) is 4.79 Å². The van der Waals surface area contributed by atoms with Gasteiger partial charge in [-0.2, -0.15) is 18.2 Å². The molecule has 0 aliphatic carbocycles. The molecule has 0 aliphatic heterocycles. The van der Waals surface area contributed by atoms with Gasteiger partial charge in [0, 0.05) is 6.54 Å². The van der Waals surface area contributed by atoms with Gasteiger partial charge in [-0.05, 0) is 56.2 Å². The van der Waals surface area contributed by atoms with Crippen molar-refractivity contribution in [3.8, 4) is 5.75 Å². The Labute approximate surface area is 226 Å². The molecule has 9 nitrogen and oxygen atoms in total. The van der Waals surface area contributed by atoms with Crippen LogP contribution in [-0.2, 0) is 21.1 Å². The standard InChI is InChI=1S/C24H24ClF4N5O4S/c1-13(2)39(36,37)20-7-5-15(26)11-18(20)32-21-16(25)12-31-23(34-21)33-17-10-14(4-6-19(17)38-3)8-9-30-22(35)24(27,28)29/h4-7,10-13H,8-9H2,1-3H3,(H,30,35)(H2,31,32,33,34). The molecule has 210 valence electrons. The van der Waals surface area contributed by atoms with Crippen LogP contribution in [0.5, 0.6) is 5.75 Å². The molecule has 0 fully saturated rings. The Hall–Kier alpha value is -3.65. The number of hydrogen-bond donors (Lipinski definition) is 3. The van der Waals surface area contributed by atoms with Crippen LogP contribution in [0, 0.1) is 5.82 Å². The molecule has 1 aromatic heterocycles. The van der Waals surface area contributed by atoms with E-state index in [1.54, 1.807) is 23.5 Å². The third-order valence-corrected chi connectivity index (χ3v) is 7.82. The summed E-state index contributed by atoms with van der Waals surface area (Å²) in [6.07, 6.45) is -3.66. The molecule has 1 amide bonds. The summed E-state index contributed by atoms with van der Waals surface area (Å²) in [5, 5.41) is 6.70. The molecule has 0 spiro atoms. The predicted octanol–water partition coefficient (Wildman–Crippen LogP) is 5.17. The number of carbonyl (C=O) groups excluding carboxylic acids is 1. The largest absolute Gasteiger partial charge is 0.495 e. The lowest BCUT2D eigenvalue weighted by Gasteiger charge is -2.16. The number of halogens is 5. The van der Waals surface area contributed by atoms with Crippen molar-refractivity contribution in [2.75, 3.05) is 24.3 Å². The highest BCUT2D eigenvalue weighted by Crippen LogP contribution is 2.33. The summed E-state index contributed by atoms with van der Waals surface area (Å²) in [5.41, 5.74) is 0.839. The highest BCUT2D eigenvalue weighted by atomic mass is 35.5. The fourth-order valence-corrected chi connectivity index (χ4v) is 4.61. The van der Waals surface area contributed by atoms with Crippen LogP contribution in [0.1, 0.15) is 19.4 Å². The molecular formula is C24H24ClF4N5O4S. The number of carbonyl (C=O) groups is 1. The number of ether oxygens (including phenoxy) is 1. The maximum Gasteiger partial charge on any atom is 0.471 e. The SMILES string of the molecule is COc1ccc(CCNC(=O)C(F)(F)F)cc1Nc1ncc(Cl)c(Nc2cc(F)ccc2S(=O)(=O)C(C)C)n1. The van der Waals surface area contributed by atoms with Gasteiger partial charge in [0.15, 0.2) is 15.7 Å². The third-order valence-electron chi connectivity index (χ3n) is 5.33. The van der Waals surface area contributed by atoms with E-state index in [1.165, 1.54) is 27.2 Å². The topological polar surface area (TPSA) is 122 Å². The lowest BCUT2D eigenvalue weighted by atomic mass is 10.1. The van der Waals surface area contributed by atoms with Crippen LogP contribution in [0.25, 0.3) is 0 Å². The van der Waals surface area contributed by atoms with Crippen molar-refractivity contribution in [2.45, 2.75) is 36.6 Å². The molecule has 0 aliphatic rings. The number of methoxy groups -OCH3 is 1. The number of aromatic nitrogens is 2. The molecule has 39 heavy (non-hydrogen) atoms. The third kappa shape index (κ3) is 7.47. The van der Waals surface area contributed by atoms with E-state index in [9.17, 15) is 30.8 Å². The van der Waals surface area contributed by atoms with Crippen molar-refractivity contribution < 1.29 is 35.5 Å². The minimum absolute atomic E-state index is 0.00704. The normalized spacial score (nSPS) is 11.8. The monoisotopic (exact) mass is 589 g/mol. The molecular weight excluding hydrogens is 566 g/mol. The van der Waals surface area contributed by atoms with Crippen LogP contribution in [0.15, 0.2) is 47.5 Å². The number of amides is 1. The second kappa shape index (κ2) is 12.0. The molecule has 0 saturated heterocycles. The number of anilines is 4. The van der Waals surface area contributed by atoms with E-state index in [4.69, 9.17) is 16.3 Å². The van der Waals surface area contributed by atoms with Gasteiger partial charge >= 0.3 is 12.1 Å². The van der Waals surface area contributed by atoms with Gasteiger partial charge in [-0.15, -0.1) is 0 Å². The Morgan fingerprint density at radius 1 is 1.10 bits per heavy atom. The van der Waals surface area contributed by atoms with Crippen LogP contribution < -0.4 is 20.7 Å². The van der Waals surface area contributed by atoms with Crippen molar-refractivity contribution in [3.63, 3.8) is 0 Å². The maximum absolute atomic E-state index is 14.0. The van der Waals surface area contributed by atoms with E-state index in [1.807, 2.05) is 0 Å². The second-order valence-electron chi connectivity index (χ2n) is 8.41. The molecule has 0 saturated carbocycles. The zero-order valence-corrected chi connectivity index (χ0v) is 22.4. The van der Waals surface area contributed by atoms with Gasteiger partial charge in [0.25, 0.3) is 0 Å². The van der Waals surface area contributed by atoms with E-state index >= 15 is 0 Å². The molecule has 0 atom stereocenters. The lowest BCUT2D eigenvalue weighted by molar-refractivity contribution is -0.173. The lowest BCUT2D eigenvalue weighted by Crippen LogP contribution is -2.37. The summed E-state index contributed by atoms with van der Waals surface area (Å²) in [7, 11) is -2.38. The van der Waals surface area contributed by atoms with Crippen molar-refractivity contribution in [1.29, 1.82) is 0 Å². The molecule has 3 rings (SSSR count). The molecule has 3 aromatic rings. The number of sulfone groups is 1. The van der Waals surface area contributed by atoms with Crippen LogP contribution in [0.2, 0.25) is 5.02 Å². The van der Waals surface area contributed by atoms with Gasteiger partial charge in [0.05, 0.1) is 34.8 Å². The van der Waals surface area contributed by atoms with E-state index in [2.05, 4.69) is 20.6 Å². The first kappa shape index (κ1) is 29.9. The minimum atomic E-state index is -4.98. The van der Waals surface area contributed by atoms with E-state index in [-0.39, 0.29) is 40.3 Å². The van der Waals surface area contributed by atoms with Crippen LogP contribution in [0.4, 0.5) is 40.7 Å². The molecule has 3 N–H and O–H groups in total. The number of hydrogen-bond acceptors (Lipinski definition) is 8.